The van der Waals surface area contributed by atoms with Crippen LogP contribution in [-0.4, -0.2) is 34.5 Å². The highest BCUT2D eigenvalue weighted by atomic mass is 35.5. The van der Waals surface area contributed by atoms with Gasteiger partial charge < -0.3 is 15.5 Å². The zero-order chi connectivity index (χ0) is 11.3. The fraction of sp³-hybridized carbons (Fsp3) is 0.333. The van der Waals surface area contributed by atoms with Gasteiger partial charge in [-0.25, -0.2) is 4.98 Å². The fourth-order valence-corrected chi connectivity index (χ4v) is 1.15. The smallest absolute Gasteiger partial charge is 0.146 e. The van der Waals surface area contributed by atoms with E-state index in [1.165, 1.54) is 12.3 Å². The van der Waals surface area contributed by atoms with E-state index in [0.29, 0.717) is 11.4 Å². The van der Waals surface area contributed by atoms with Crippen LogP contribution in [0.15, 0.2) is 12.3 Å². The molecule has 0 spiro atoms. The minimum absolute atomic E-state index is 0.123. The SMILES string of the molecule is N#Cc1ccnc(NCC(O)CO)c1Cl. The second-order valence-electron chi connectivity index (χ2n) is 2.85. The number of rotatable bonds is 4. The summed E-state index contributed by atoms with van der Waals surface area (Å²) in [5.41, 5.74) is 0.313. The molecule has 0 amide bonds. The van der Waals surface area contributed by atoms with E-state index in [4.69, 9.17) is 27.1 Å². The maximum absolute atomic E-state index is 9.09. The third kappa shape index (κ3) is 3.06. The Morgan fingerprint density at radius 1 is 1.67 bits per heavy atom. The number of halogens is 1. The Kier molecular flexibility index (Phi) is 4.31. The van der Waals surface area contributed by atoms with Crippen LogP contribution in [0.2, 0.25) is 5.02 Å². The molecule has 0 aromatic carbocycles. The van der Waals surface area contributed by atoms with E-state index >= 15 is 0 Å². The average molecular weight is 228 g/mol. The van der Waals surface area contributed by atoms with Crippen molar-refractivity contribution in [3.63, 3.8) is 0 Å². The lowest BCUT2D eigenvalue weighted by molar-refractivity contribution is 0.105. The number of nitrogens with zero attached hydrogens (tertiary/aromatic N) is 2. The van der Waals surface area contributed by atoms with Gasteiger partial charge in [-0.3, -0.25) is 0 Å². The number of aliphatic hydroxyl groups is 2. The zero-order valence-corrected chi connectivity index (χ0v) is 8.57. The predicted octanol–water partition coefficient (Wildman–Crippen LogP) is 0.372. The predicted molar refractivity (Wildman–Crippen MR) is 55.5 cm³/mol. The van der Waals surface area contributed by atoms with Crippen molar-refractivity contribution in [1.29, 1.82) is 5.26 Å². The van der Waals surface area contributed by atoms with E-state index in [-0.39, 0.29) is 18.2 Å². The molecule has 0 fully saturated rings. The summed E-state index contributed by atoms with van der Waals surface area (Å²) in [4.78, 5) is 3.91. The van der Waals surface area contributed by atoms with Crippen LogP contribution in [0.1, 0.15) is 5.56 Å². The number of aromatic nitrogens is 1. The van der Waals surface area contributed by atoms with Crippen molar-refractivity contribution in [2.24, 2.45) is 0 Å². The second kappa shape index (κ2) is 5.51. The summed E-state index contributed by atoms with van der Waals surface area (Å²) in [5.74, 6) is 0.322. The highest BCUT2D eigenvalue weighted by Crippen LogP contribution is 2.22. The summed E-state index contributed by atoms with van der Waals surface area (Å²) < 4.78 is 0. The molecule has 0 aliphatic rings. The molecule has 0 bridgehead atoms. The second-order valence-corrected chi connectivity index (χ2v) is 3.23. The van der Waals surface area contributed by atoms with Crippen LogP contribution in [0.5, 0.6) is 0 Å². The van der Waals surface area contributed by atoms with E-state index in [1.807, 2.05) is 6.07 Å². The molecule has 1 rings (SSSR count). The average Bonchev–Trinajstić information content (AvgIpc) is 2.27. The Labute approximate surface area is 91.9 Å². The Bertz CT molecular complexity index is 378. The van der Waals surface area contributed by atoms with Crippen LogP contribution in [-0.2, 0) is 0 Å². The van der Waals surface area contributed by atoms with Crippen LogP contribution in [0.3, 0.4) is 0 Å². The first-order valence-corrected chi connectivity index (χ1v) is 4.64. The number of nitrogens with one attached hydrogen (secondary N) is 1. The molecule has 1 heterocycles. The van der Waals surface area contributed by atoms with Crippen LogP contribution < -0.4 is 5.32 Å². The molecule has 5 nitrogen and oxygen atoms in total. The highest BCUT2D eigenvalue weighted by molar-refractivity contribution is 6.34. The number of nitriles is 1. The van der Waals surface area contributed by atoms with Crippen LogP contribution in [0.25, 0.3) is 0 Å². The quantitative estimate of drug-likeness (QED) is 0.692. The molecule has 80 valence electrons. The van der Waals surface area contributed by atoms with Gasteiger partial charge in [-0.05, 0) is 6.07 Å². The van der Waals surface area contributed by atoms with E-state index in [9.17, 15) is 0 Å². The van der Waals surface area contributed by atoms with Gasteiger partial charge in [0.15, 0.2) is 0 Å². The lowest BCUT2D eigenvalue weighted by Crippen LogP contribution is -2.23. The molecule has 1 atom stereocenters. The normalized spacial score (nSPS) is 11.9. The molecule has 0 saturated carbocycles. The Hall–Kier alpha value is -1.35. The van der Waals surface area contributed by atoms with E-state index in [0.717, 1.165) is 0 Å². The van der Waals surface area contributed by atoms with Gasteiger partial charge >= 0.3 is 0 Å². The molecular weight excluding hydrogens is 218 g/mol. The lowest BCUT2D eigenvalue weighted by atomic mass is 10.3. The Morgan fingerprint density at radius 3 is 3.00 bits per heavy atom. The summed E-state index contributed by atoms with van der Waals surface area (Å²) in [6.45, 7) is -0.222. The molecule has 1 unspecified atom stereocenters. The Morgan fingerprint density at radius 2 is 2.40 bits per heavy atom. The number of anilines is 1. The van der Waals surface area contributed by atoms with Crippen LogP contribution in [0.4, 0.5) is 5.82 Å². The molecule has 1 aromatic heterocycles. The first-order chi connectivity index (χ1) is 7.19. The molecule has 15 heavy (non-hydrogen) atoms. The summed E-state index contributed by atoms with van der Waals surface area (Å²) in [6.07, 6.45) is 0.562. The topological polar surface area (TPSA) is 89.2 Å². The van der Waals surface area contributed by atoms with Gasteiger partial charge in [0.2, 0.25) is 0 Å². The number of pyridine rings is 1. The standard InChI is InChI=1S/C9H10ClN3O2/c10-8-6(3-11)1-2-12-9(8)13-4-7(15)5-14/h1-2,7,14-15H,4-5H2,(H,12,13). The zero-order valence-electron chi connectivity index (χ0n) is 7.81. The molecule has 0 saturated heterocycles. The maximum atomic E-state index is 9.09. The molecule has 0 aliphatic carbocycles. The van der Waals surface area contributed by atoms with Crippen LogP contribution in [0, 0.1) is 11.3 Å². The van der Waals surface area contributed by atoms with Gasteiger partial charge in [0.25, 0.3) is 0 Å². The van der Waals surface area contributed by atoms with Gasteiger partial charge in [-0.15, -0.1) is 0 Å². The summed E-state index contributed by atoms with van der Waals surface area (Å²) in [7, 11) is 0. The van der Waals surface area contributed by atoms with Crippen molar-refractivity contribution in [3.8, 4) is 6.07 Å². The maximum Gasteiger partial charge on any atom is 0.146 e. The molecule has 1 aromatic rings. The van der Waals surface area contributed by atoms with Crippen molar-refractivity contribution in [1.82, 2.24) is 4.98 Å². The van der Waals surface area contributed by atoms with E-state index < -0.39 is 6.10 Å². The molecular formula is C9H10ClN3O2. The van der Waals surface area contributed by atoms with Gasteiger partial charge in [0.1, 0.15) is 16.9 Å². The number of hydrogen-bond acceptors (Lipinski definition) is 5. The van der Waals surface area contributed by atoms with Gasteiger partial charge in [0, 0.05) is 12.7 Å². The van der Waals surface area contributed by atoms with Crippen molar-refractivity contribution in [2.45, 2.75) is 6.10 Å². The van der Waals surface area contributed by atoms with E-state index in [1.54, 1.807) is 0 Å². The Balaban J connectivity index is 2.74. The summed E-state index contributed by atoms with van der Waals surface area (Å²) in [6, 6.07) is 3.41. The first kappa shape index (κ1) is 11.7. The van der Waals surface area contributed by atoms with E-state index in [2.05, 4.69) is 10.3 Å². The fourth-order valence-electron chi connectivity index (χ4n) is 0.932. The number of aliphatic hydroxyl groups excluding tert-OH is 2. The highest BCUT2D eigenvalue weighted by Gasteiger charge is 2.08. The minimum Gasteiger partial charge on any atom is -0.394 e. The van der Waals surface area contributed by atoms with Crippen molar-refractivity contribution in [2.75, 3.05) is 18.5 Å². The molecule has 0 radical (unpaired) electrons. The van der Waals surface area contributed by atoms with Crippen molar-refractivity contribution < 1.29 is 10.2 Å². The van der Waals surface area contributed by atoms with Crippen molar-refractivity contribution >= 4 is 17.4 Å². The lowest BCUT2D eigenvalue weighted by Gasteiger charge is -2.10. The van der Waals surface area contributed by atoms with Crippen LogP contribution >= 0.6 is 11.6 Å². The van der Waals surface area contributed by atoms with Crippen molar-refractivity contribution in [3.05, 3.63) is 22.8 Å². The van der Waals surface area contributed by atoms with Gasteiger partial charge in [-0.2, -0.15) is 5.26 Å². The third-order valence-corrected chi connectivity index (χ3v) is 2.11. The third-order valence-electron chi connectivity index (χ3n) is 1.73. The monoisotopic (exact) mass is 227 g/mol. The van der Waals surface area contributed by atoms with Gasteiger partial charge in [-0.1, -0.05) is 11.6 Å². The summed E-state index contributed by atoms with van der Waals surface area (Å²) >= 11 is 5.84. The molecule has 0 aliphatic heterocycles. The van der Waals surface area contributed by atoms with Gasteiger partial charge in [0.05, 0.1) is 18.3 Å². The largest absolute Gasteiger partial charge is 0.394 e. The summed E-state index contributed by atoms with van der Waals surface area (Å²) in [5, 5.41) is 29.3. The minimum atomic E-state index is -0.881. The molecule has 3 N–H and O–H groups in total. The number of hydrogen-bond donors (Lipinski definition) is 3. The first-order valence-electron chi connectivity index (χ1n) is 4.26. The molecule has 6 heteroatoms.